The van der Waals surface area contributed by atoms with Gasteiger partial charge in [-0.25, -0.2) is 4.39 Å². The van der Waals surface area contributed by atoms with Gasteiger partial charge in [0.1, 0.15) is 5.58 Å². The Morgan fingerprint density at radius 3 is 2.76 bits per heavy atom. The predicted octanol–water partition coefficient (Wildman–Crippen LogP) is 2.67. The molecule has 0 atom stereocenters. The number of anilines is 1. The van der Waals surface area contributed by atoms with Gasteiger partial charge >= 0.3 is 0 Å². The van der Waals surface area contributed by atoms with Gasteiger partial charge < -0.3 is 10.2 Å². The Labute approximate surface area is 95.3 Å². The third-order valence-electron chi connectivity index (χ3n) is 2.67. The summed E-state index contributed by atoms with van der Waals surface area (Å²) in [5.41, 5.74) is 6.09. The lowest BCUT2D eigenvalue weighted by Crippen LogP contribution is -2.03. The Hall–Kier alpha value is -2.36. The average molecular weight is 229 g/mol. The van der Waals surface area contributed by atoms with Gasteiger partial charge in [-0.1, -0.05) is 6.07 Å². The maximum Gasteiger partial charge on any atom is 0.200 e. The van der Waals surface area contributed by atoms with Crippen molar-refractivity contribution in [2.75, 3.05) is 5.73 Å². The Balaban J connectivity index is 2.62. The van der Waals surface area contributed by atoms with E-state index in [1.54, 1.807) is 18.2 Å². The molecule has 0 aliphatic carbocycles. The normalized spacial score (nSPS) is 11.1. The van der Waals surface area contributed by atoms with Crippen molar-refractivity contribution in [1.82, 2.24) is 0 Å². The van der Waals surface area contributed by atoms with E-state index in [1.165, 1.54) is 18.2 Å². The summed E-state index contributed by atoms with van der Waals surface area (Å²) in [6.07, 6.45) is 0. The third-order valence-corrected chi connectivity index (χ3v) is 2.67. The van der Waals surface area contributed by atoms with Gasteiger partial charge in [0, 0.05) is 11.8 Å². The molecule has 2 N–H and O–H groups in total. The Kier molecular flexibility index (Phi) is 1.92. The van der Waals surface area contributed by atoms with Crippen LogP contribution in [0.5, 0.6) is 0 Å². The van der Waals surface area contributed by atoms with E-state index in [9.17, 15) is 9.18 Å². The molecule has 0 bridgehead atoms. The molecule has 3 aromatic rings. The summed E-state index contributed by atoms with van der Waals surface area (Å²) in [5, 5.41) is 0.638. The van der Waals surface area contributed by atoms with Crippen molar-refractivity contribution in [3.05, 3.63) is 52.4 Å². The van der Waals surface area contributed by atoms with Gasteiger partial charge in [-0.05, 0) is 24.3 Å². The maximum atomic E-state index is 13.5. The van der Waals surface area contributed by atoms with Crippen molar-refractivity contribution in [2.45, 2.75) is 0 Å². The summed E-state index contributed by atoms with van der Waals surface area (Å²) >= 11 is 0. The van der Waals surface area contributed by atoms with Crippen LogP contribution in [0.2, 0.25) is 0 Å². The molecule has 0 aliphatic rings. The van der Waals surface area contributed by atoms with Crippen LogP contribution in [0.25, 0.3) is 21.9 Å². The molecule has 2 aromatic carbocycles. The zero-order valence-electron chi connectivity index (χ0n) is 8.74. The number of hydrogen-bond acceptors (Lipinski definition) is 3. The average Bonchev–Trinajstić information content (AvgIpc) is 2.30. The highest BCUT2D eigenvalue weighted by Gasteiger charge is 2.10. The van der Waals surface area contributed by atoms with Crippen LogP contribution in [0.3, 0.4) is 0 Å². The summed E-state index contributed by atoms with van der Waals surface area (Å²) in [4.78, 5) is 12.1. The van der Waals surface area contributed by atoms with Crippen LogP contribution in [0.4, 0.5) is 10.1 Å². The first-order valence-corrected chi connectivity index (χ1v) is 5.07. The van der Waals surface area contributed by atoms with Gasteiger partial charge in [0.15, 0.2) is 11.4 Å². The van der Waals surface area contributed by atoms with Crippen LogP contribution >= 0.6 is 0 Å². The lowest BCUT2D eigenvalue weighted by molar-refractivity contribution is 0.579. The van der Waals surface area contributed by atoms with Crippen molar-refractivity contribution in [2.24, 2.45) is 0 Å². The second kappa shape index (κ2) is 3.31. The minimum atomic E-state index is -0.552. The maximum absolute atomic E-state index is 13.5. The molecule has 0 saturated carbocycles. The van der Waals surface area contributed by atoms with E-state index in [1.807, 2.05) is 0 Å². The molecular formula is C13H8FNO2. The van der Waals surface area contributed by atoms with Gasteiger partial charge in [-0.2, -0.15) is 0 Å². The summed E-state index contributed by atoms with van der Waals surface area (Å²) in [7, 11) is 0. The molecule has 0 amide bonds. The topological polar surface area (TPSA) is 56.2 Å². The van der Waals surface area contributed by atoms with Gasteiger partial charge in [0.2, 0.25) is 5.43 Å². The van der Waals surface area contributed by atoms with E-state index in [0.717, 1.165) is 0 Å². The fraction of sp³-hybridized carbons (Fsp3) is 0. The molecular weight excluding hydrogens is 221 g/mol. The highest BCUT2D eigenvalue weighted by molar-refractivity contribution is 5.90. The van der Waals surface area contributed by atoms with Crippen LogP contribution in [-0.2, 0) is 0 Å². The molecule has 0 spiro atoms. The molecule has 3 rings (SSSR count). The van der Waals surface area contributed by atoms with Crippen LogP contribution < -0.4 is 11.2 Å². The van der Waals surface area contributed by atoms with Gasteiger partial charge in [0.25, 0.3) is 0 Å². The number of benzene rings is 2. The highest BCUT2D eigenvalue weighted by atomic mass is 19.1. The SMILES string of the molecule is Nc1ccc2c(=O)c3cccc(F)c3oc2c1. The molecule has 0 saturated heterocycles. The van der Waals surface area contributed by atoms with Crippen LogP contribution in [-0.4, -0.2) is 0 Å². The van der Waals surface area contributed by atoms with Crippen molar-refractivity contribution in [3.63, 3.8) is 0 Å². The number of nitrogen functional groups attached to an aromatic ring is 1. The van der Waals surface area contributed by atoms with E-state index in [0.29, 0.717) is 16.7 Å². The zero-order valence-corrected chi connectivity index (χ0v) is 8.74. The Morgan fingerprint density at radius 2 is 1.94 bits per heavy atom. The molecule has 1 heterocycles. The van der Waals surface area contributed by atoms with Gasteiger partial charge in [0.05, 0.1) is 10.8 Å². The third kappa shape index (κ3) is 1.38. The summed E-state index contributed by atoms with van der Waals surface area (Å²) < 4.78 is 18.9. The number of fused-ring (bicyclic) bond motifs is 2. The van der Waals surface area contributed by atoms with Crippen molar-refractivity contribution in [1.29, 1.82) is 0 Å². The number of hydrogen-bond donors (Lipinski definition) is 1. The molecule has 17 heavy (non-hydrogen) atoms. The summed E-state index contributed by atoms with van der Waals surface area (Å²) in [6, 6.07) is 9.00. The summed E-state index contributed by atoms with van der Waals surface area (Å²) in [5.74, 6) is -0.552. The number of nitrogens with two attached hydrogens (primary N) is 1. The standard InChI is InChI=1S/C13H8FNO2/c14-10-3-1-2-9-12(16)8-5-4-7(15)6-11(8)17-13(9)10/h1-6H,15H2. The van der Waals surface area contributed by atoms with E-state index in [-0.39, 0.29) is 16.4 Å². The highest BCUT2D eigenvalue weighted by Crippen LogP contribution is 2.22. The molecule has 0 unspecified atom stereocenters. The van der Waals surface area contributed by atoms with Crippen molar-refractivity contribution >= 4 is 27.6 Å². The first kappa shape index (κ1) is 9.84. The van der Waals surface area contributed by atoms with Crippen molar-refractivity contribution in [3.8, 4) is 0 Å². The molecule has 0 aliphatic heterocycles. The lowest BCUT2D eigenvalue weighted by Gasteiger charge is -2.02. The second-order valence-electron chi connectivity index (χ2n) is 3.80. The Bertz CT molecular complexity index is 792. The van der Waals surface area contributed by atoms with Crippen molar-refractivity contribution < 1.29 is 8.81 Å². The molecule has 0 radical (unpaired) electrons. The zero-order chi connectivity index (χ0) is 12.0. The fourth-order valence-corrected chi connectivity index (χ4v) is 1.86. The minimum Gasteiger partial charge on any atom is -0.453 e. The molecule has 0 fully saturated rings. The molecule has 84 valence electrons. The van der Waals surface area contributed by atoms with E-state index in [4.69, 9.17) is 10.2 Å². The molecule has 4 heteroatoms. The number of para-hydroxylation sites is 1. The summed E-state index contributed by atoms with van der Waals surface area (Å²) in [6.45, 7) is 0. The van der Waals surface area contributed by atoms with Crippen LogP contribution in [0, 0.1) is 5.82 Å². The lowest BCUT2D eigenvalue weighted by atomic mass is 10.1. The van der Waals surface area contributed by atoms with Crippen LogP contribution in [0.1, 0.15) is 0 Å². The second-order valence-corrected chi connectivity index (χ2v) is 3.80. The largest absolute Gasteiger partial charge is 0.453 e. The van der Waals surface area contributed by atoms with E-state index < -0.39 is 5.82 Å². The first-order valence-electron chi connectivity index (χ1n) is 5.07. The minimum absolute atomic E-state index is 0.0319. The predicted molar refractivity (Wildman–Crippen MR) is 64.4 cm³/mol. The van der Waals surface area contributed by atoms with Crippen LogP contribution in [0.15, 0.2) is 45.6 Å². The first-order chi connectivity index (χ1) is 8.16. The smallest absolute Gasteiger partial charge is 0.200 e. The van der Waals surface area contributed by atoms with E-state index in [2.05, 4.69) is 0 Å². The van der Waals surface area contributed by atoms with E-state index >= 15 is 0 Å². The number of halogens is 1. The molecule has 3 nitrogen and oxygen atoms in total. The monoisotopic (exact) mass is 229 g/mol. The quantitative estimate of drug-likeness (QED) is 0.476. The number of rotatable bonds is 0. The Morgan fingerprint density at radius 1 is 1.12 bits per heavy atom. The fourth-order valence-electron chi connectivity index (χ4n) is 1.86. The van der Waals surface area contributed by atoms with Gasteiger partial charge in [-0.15, -0.1) is 0 Å². The molecule has 1 aromatic heterocycles. The van der Waals surface area contributed by atoms with Gasteiger partial charge in [-0.3, -0.25) is 4.79 Å².